The average Bonchev–Trinajstić information content (AvgIpc) is 2.05. The van der Waals surface area contributed by atoms with Gasteiger partial charge in [-0.25, -0.2) is 0 Å². The van der Waals surface area contributed by atoms with E-state index >= 15 is 0 Å². The van der Waals surface area contributed by atoms with E-state index in [9.17, 15) is 0 Å². The van der Waals surface area contributed by atoms with Crippen molar-refractivity contribution in [3.63, 3.8) is 0 Å². The van der Waals surface area contributed by atoms with Crippen LogP contribution in [0.4, 0.5) is 0 Å². The van der Waals surface area contributed by atoms with Crippen molar-refractivity contribution in [2.24, 2.45) is 0 Å². The molecule has 12 heavy (non-hydrogen) atoms. The molecule has 0 saturated heterocycles. The Kier molecular flexibility index (Phi) is 9.46. The summed E-state index contributed by atoms with van der Waals surface area (Å²) in [7, 11) is 1.67. The fourth-order valence-electron chi connectivity index (χ4n) is 0.828. The maximum atomic E-state index is 5.03. The molecular weight excluding hydrogens is 269 g/mol. The van der Waals surface area contributed by atoms with E-state index in [2.05, 4.69) is 6.92 Å². The monoisotopic (exact) mass is 278 g/mol. The van der Waals surface area contributed by atoms with Gasteiger partial charge in [-0.2, -0.15) is 0 Å². The first kappa shape index (κ1) is 14.6. The first-order chi connectivity index (χ1) is 4.86. The molecule has 0 spiro atoms. The Labute approximate surface area is 97.0 Å². The summed E-state index contributed by atoms with van der Waals surface area (Å²) in [5.74, 6) is 0.904. The topological polar surface area (TPSA) is 9.23 Å². The Bertz CT molecular complexity index is 196. The minimum Gasteiger partial charge on any atom is -1.00 e. The second-order valence-electron chi connectivity index (χ2n) is 2.10. The van der Waals surface area contributed by atoms with Gasteiger partial charge in [-0.05, 0) is 31.0 Å². The summed E-state index contributed by atoms with van der Waals surface area (Å²) in [6.07, 6.45) is 0.817. The van der Waals surface area contributed by atoms with E-state index in [1.54, 1.807) is 7.11 Å². The van der Waals surface area contributed by atoms with Crippen LogP contribution in [0, 0.1) is 6.92 Å². The first-order valence-corrected chi connectivity index (χ1v) is 3.29. The summed E-state index contributed by atoms with van der Waals surface area (Å²) in [6.45, 7) is 3.78. The molecular formula is C9H11BrOZn-. The number of hydrogen-bond donors (Lipinski definition) is 0. The van der Waals surface area contributed by atoms with Gasteiger partial charge in [-0.3, -0.25) is 0 Å². The van der Waals surface area contributed by atoms with Crippen molar-refractivity contribution in [1.82, 2.24) is 0 Å². The first-order valence-electron chi connectivity index (χ1n) is 3.29. The molecule has 1 aromatic rings. The summed E-state index contributed by atoms with van der Waals surface area (Å²) in [5.41, 5.74) is 1.21. The third kappa shape index (κ3) is 4.22. The van der Waals surface area contributed by atoms with Gasteiger partial charge < -0.3 is 21.7 Å². The minimum atomic E-state index is 0. The third-order valence-corrected chi connectivity index (χ3v) is 1.42. The van der Waals surface area contributed by atoms with Gasteiger partial charge in [-0.15, -0.1) is 0 Å². The summed E-state index contributed by atoms with van der Waals surface area (Å²) in [6, 6.07) is 7.93. The standard InChI is InChI=1S/C9H11O.BrH.Zn/c1-3-8-5-4-6-9(7-8)10-2;;/h4-7H,1,3H2,2H3;1H;/p-1. The van der Waals surface area contributed by atoms with Crippen LogP contribution in [0.5, 0.6) is 5.75 Å². The van der Waals surface area contributed by atoms with Gasteiger partial charge in [0, 0.05) is 19.5 Å². The Morgan fingerprint density at radius 3 is 2.58 bits per heavy atom. The maximum absolute atomic E-state index is 5.03. The quantitative estimate of drug-likeness (QED) is 0.636. The second-order valence-corrected chi connectivity index (χ2v) is 2.10. The molecule has 1 radical (unpaired) electrons. The van der Waals surface area contributed by atoms with Gasteiger partial charge in [0.1, 0.15) is 5.75 Å². The Balaban J connectivity index is 0. The number of ether oxygens (including phenoxy) is 1. The molecule has 0 aliphatic rings. The molecule has 1 nitrogen and oxygen atoms in total. The van der Waals surface area contributed by atoms with Crippen LogP contribution in [0.15, 0.2) is 24.3 Å². The fourth-order valence-corrected chi connectivity index (χ4v) is 0.828. The zero-order chi connectivity index (χ0) is 7.40. The van der Waals surface area contributed by atoms with Gasteiger partial charge >= 0.3 is 0 Å². The van der Waals surface area contributed by atoms with E-state index in [4.69, 9.17) is 4.74 Å². The van der Waals surface area contributed by atoms with E-state index in [-0.39, 0.29) is 36.5 Å². The van der Waals surface area contributed by atoms with Crippen LogP contribution < -0.4 is 21.7 Å². The molecule has 1 aromatic carbocycles. The molecule has 0 unspecified atom stereocenters. The number of methoxy groups -OCH3 is 1. The summed E-state index contributed by atoms with van der Waals surface area (Å²) >= 11 is 0. The molecule has 0 aliphatic carbocycles. The SMILES string of the molecule is [Br-].[CH2]Cc1cccc(OC)c1.[Zn]. The van der Waals surface area contributed by atoms with Crippen LogP contribution in [0.1, 0.15) is 5.56 Å². The zero-order valence-electron chi connectivity index (χ0n) is 7.22. The summed E-state index contributed by atoms with van der Waals surface area (Å²) in [4.78, 5) is 0. The normalized spacial score (nSPS) is 7.83. The van der Waals surface area contributed by atoms with E-state index < -0.39 is 0 Å². The predicted molar refractivity (Wildman–Crippen MR) is 42.1 cm³/mol. The van der Waals surface area contributed by atoms with Crippen LogP contribution in [-0.4, -0.2) is 7.11 Å². The van der Waals surface area contributed by atoms with E-state index in [0.717, 1.165) is 12.2 Å². The van der Waals surface area contributed by atoms with Gasteiger partial charge in [0.05, 0.1) is 7.11 Å². The van der Waals surface area contributed by atoms with Crippen LogP contribution in [0.2, 0.25) is 0 Å². The van der Waals surface area contributed by atoms with Gasteiger partial charge in [0.2, 0.25) is 0 Å². The number of halogens is 1. The maximum Gasteiger partial charge on any atom is 0.119 e. The molecule has 0 heterocycles. The smallest absolute Gasteiger partial charge is 0.119 e. The van der Waals surface area contributed by atoms with Gasteiger partial charge in [0.15, 0.2) is 0 Å². The molecule has 0 amide bonds. The molecule has 0 bridgehead atoms. The molecule has 0 saturated carbocycles. The molecule has 0 aromatic heterocycles. The molecule has 0 fully saturated rings. The summed E-state index contributed by atoms with van der Waals surface area (Å²) < 4.78 is 5.03. The molecule has 1 rings (SSSR count). The van der Waals surface area contributed by atoms with E-state index in [1.807, 2.05) is 24.3 Å². The van der Waals surface area contributed by atoms with E-state index in [1.165, 1.54) is 5.56 Å². The largest absolute Gasteiger partial charge is 1.00 e. The van der Waals surface area contributed by atoms with Crippen molar-refractivity contribution in [2.75, 3.05) is 7.11 Å². The van der Waals surface area contributed by atoms with Crippen LogP contribution >= 0.6 is 0 Å². The minimum absolute atomic E-state index is 0. The van der Waals surface area contributed by atoms with Crippen LogP contribution in [-0.2, 0) is 25.9 Å². The second kappa shape index (κ2) is 7.76. The van der Waals surface area contributed by atoms with Crippen molar-refractivity contribution in [3.05, 3.63) is 36.8 Å². The Hall–Kier alpha value is 0.123. The van der Waals surface area contributed by atoms with E-state index in [0.29, 0.717) is 0 Å². The fraction of sp³-hybridized carbons (Fsp3) is 0.222. The van der Waals surface area contributed by atoms with Crippen LogP contribution in [0.25, 0.3) is 0 Å². The van der Waals surface area contributed by atoms with Crippen molar-refractivity contribution in [2.45, 2.75) is 6.42 Å². The van der Waals surface area contributed by atoms with Crippen molar-refractivity contribution in [1.29, 1.82) is 0 Å². The number of hydrogen-bond acceptors (Lipinski definition) is 1. The summed E-state index contributed by atoms with van der Waals surface area (Å²) in [5, 5.41) is 0. The molecule has 0 N–H and O–H groups in total. The molecule has 63 valence electrons. The van der Waals surface area contributed by atoms with Crippen LogP contribution in [0.3, 0.4) is 0 Å². The van der Waals surface area contributed by atoms with Gasteiger partial charge in [0.25, 0.3) is 0 Å². The van der Waals surface area contributed by atoms with Crippen molar-refractivity contribution >= 4 is 0 Å². The Morgan fingerprint density at radius 2 is 2.08 bits per heavy atom. The third-order valence-electron chi connectivity index (χ3n) is 1.42. The van der Waals surface area contributed by atoms with Crippen molar-refractivity contribution < 1.29 is 41.2 Å². The molecule has 0 atom stereocenters. The van der Waals surface area contributed by atoms with Gasteiger partial charge in [-0.1, -0.05) is 12.1 Å². The average molecular weight is 280 g/mol. The number of rotatable bonds is 2. The molecule has 0 aliphatic heterocycles. The Morgan fingerprint density at radius 1 is 1.42 bits per heavy atom. The molecule has 3 heteroatoms. The number of benzene rings is 1. The van der Waals surface area contributed by atoms with Crippen molar-refractivity contribution in [3.8, 4) is 5.75 Å². The predicted octanol–water partition coefficient (Wildman–Crippen LogP) is -0.927. The zero-order valence-corrected chi connectivity index (χ0v) is 11.8.